The summed E-state index contributed by atoms with van der Waals surface area (Å²) >= 11 is 0. The van der Waals surface area contributed by atoms with Crippen LogP contribution in [0, 0.1) is 40.4 Å². The molecule has 4 aliphatic rings. The molecule has 0 aromatic carbocycles. The van der Waals surface area contributed by atoms with Gasteiger partial charge in [-0.25, -0.2) is 0 Å². The van der Waals surface area contributed by atoms with Crippen LogP contribution in [0.15, 0.2) is 11.6 Å². The van der Waals surface area contributed by atoms with Crippen LogP contribution in [0.25, 0.3) is 0 Å². The second kappa shape index (κ2) is 6.99. The monoisotopic (exact) mass is 374 g/mol. The van der Waals surface area contributed by atoms with E-state index in [1.807, 2.05) is 6.08 Å². The largest absolute Gasteiger partial charge is 0.359 e. The molecule has 3 nitrogen and oxygen atoms in total. The van der Waals surface area contributed by atoms with Gasteiger partial charge in [0.05, 0.1) is 6.10 Å². The predicted octanol–water partition coefficient (Wildman–Crippen LogP) is 5.39. The van der Waals surface area contributed by atoms with Gasteiger partial charge in [0.15, 0.2) is 5.78 Å². The van der Waals surface area contributed by atoms with Crippen LogP contribution in [0.4, 0.5) is 0 Å². The molecule has 152 valence electrons. The molecule has 0 bridgehead atoms. The number of carbonyl (C=O) groups excluding carboxylic acids is 1. The second-order valence-electron chi connectivity index (χ2n) is 10.6. The highest BCUT2D eigenvalue weighted by molar-refractivity contribution is 5.91. The van der Waals surface area contributed by atoms with Gasteiger partial charge in [-0.1, -0.05) is 33.3 Å². The van der Waals surface area contributed by atoms with E-state index in [0.29, 0.717) is 29.8 Å². The van der Waals surface area contributed by atoms with Crippen molar-refractivity contribution in [3.63, 3.8) is 0 Å². The molecular weight excluding hydrogens is 336 g/mol. The van der Waals surface area contributed by atoms with Gasteiger partial charge in [-0.05, 0) is 85.0 Å². The van der Waals surface area contributed by atoms with Crippen LogP contribution in [-0.2, 0) is 14.3 Å². The number of hydrogen-bond donors (Lipinski definition) is 0. The maximum absolute atomic E-state index is 12.2. The molecule has 7 atom stereocenters. The molecule has 0 spiro atoms. The number of methoxy groups -OCH3 is 1. The number of fused-ring (bicyclic) bond motifs is 5. The zero-order valence-electron chi connectivity index (χ0n) is 17.9. The molecule has 3 fully saturated rings. The fraction of sp³-hybridized carbons (Fsp3) is 0.875. The van der Waals surface area contributed by atoms with Crippen LogP contribution in [0.5, 0.6) is 0 Å². The van der Waals surface area contributed by atoms with E-state index < -0.39 is 0 Å². The number of carbonyl (C=O) groups is 1. The molecule has 0 N–H and O–H groups in total. The summed E-state index contributed by atoms with van der Waals surface area (Å²) in [6.07, 6.45) is 10.2. The molecule has 0 saturated heterocycles. The summed E-state index contributed by atoms with van der Waals surface area (Å²) < 4.78 is 11.6. The first-order valence-corrected chi connectivity index (χ1v) is 11.2. The van der Waals surface area contributed by atoms with Gasteiger partial charge in [-0.3, -0.25) is 4.79 Å². The molecule has 0 aromatic heterocycles. The summed E-state index contributed by atoms with van der Waals surface area (Å²) in [5.74, 6) is 3.92. The van der Waals surface area contributed by atoms with E-state index in [1.54, 1.807) is 7.11 Å². The van der Waals surface area contributed by atoms with E-state index in [9.17, 15) is 4.79 Å². The Balaban J connectivity index is 1.71. The normalized spacial score (nSPS) is 46.7. The Bertz CT molecular complexity index is 623. The van der Waals surface area contributed by atoms with Crippen LogP contribution >= 0.6 is 0 Å². The summed E-state index contributed by atoms with van der Waals surface area (Å²) in [5.41, 5.74) is 2.01. The molecule has 3 heteroatoms. The topological polar surface area (TPSA) is 35.5 Å². The lowest BCUT2D eigenvalue weighted by Gasteiger charge is -2.60. The fourth-order valence-electron chi connectivity index (χ4n) is 7.96. The minimum Gasteiger partial charge on any atom is -0.359 e. The zero-order chi connectivity index (χ0) is 19.4. The van der Waals surface area contributed by atoms with Gasteiger partial charge in [-0.15, -0.1) is 0 Å². The minimum atomic E-state index is 0.197. The number of hydrogen-bond acceptors (Lipinski definition) is 3. The van der Waals surface area contributed by atoms with Gasteiger partial charge in [0, 0.05) is 13.5 Å². The van der Waals surface area contributed by atoms with E-state index in [1.165, 1.54) is 31.3 Å². The van der Waals surface area contributed by atoms with Crippen LogP contribution in [0.2, 0.25) is 0 Å². The van der Waals surface area contributed by atoms with E-state index in [-0.39, 0.29) is 11.5 Å². The highest BCUT2D eigenvalue weighted by Gasteiger charge is 2.61. The summed E-state index contributed by atoms with van der Waals surface area (Å²) in [4.78, 5) is 12.2. The first-order valence-electron chi connectivity index (χ1n) is 11.2. The van der Waals surface area contributed by atoms with Gasteiger partial charge in [0.25, 0.3) is 0 Å². The quantitative estimate of drug-likeness (QED) is 0.619. The van der Waals surface area contributed by atoms with Crippen molar-refractivity contribution in [2.45, 2.75) is 78.7 Å². The Kier molecular flexibility index (Phi) is 5.08. The predicted molar refractivity (Wildman–Crippen MR) is 107 cm³/mol. The van der Waals surface area contributed by atoms with Crippen LogP contribution < -0.4 is 0 Å². The first kappa shape index (κ1) is 19.6. The number of ketones is 1. The van der Waals surface area contributed by atoms with E-state index in [2.05, 4.69) is 27.7 Å². The Morgan fingerprint density at radius 1 is 1.15 bits per heavy atom. The van der Waals surface area contributed by atoms with Gasteiger partial charge in [0.2, 0.25) is 0 Å². The summed E-state index contributed by atoms with van der Waals surface area (Å²) in [6, 6.07) is 0. The Hall–Kier alpha value is -0.670. The van der Waals surface area contributed by atoms with Crippen molar-refractivity contribution in [1.29, 1.82) is 0 Å². The SMILES string of the molecule is COCOC1CC2=CC(=O)CCC2(C)C2CCC3(C)C(C(C)C)CCC3C12. The molecule has 0 heterocycles. The van der Waals surface area contributed by atoms with E-state index in [4.69, 9.17) is 9.47 Å². The van der Waals surface area contributed by atoms with Gasteiger partial charge < -0.3 is 9.47 Å². The zero-order valence-corrected chi connectivity index (χ0v) is 17.9. The lowest BCUT2D eigenvalue weighted by molar-refractivity contribution is -0.165. The highest BCUT2D eigenvalue weighted by atomic mass is 16.7. The van der Waals surface area contributed by atoms with Gasteiger partial charge >= 0.3 is 0 Å². The number of ether oxygens (including phenoxy) is 2. The van der Waals surface area contributed by atoms with Crippen molar-refractivity contribution in [1.82, 2.24) is 0 Å². The third-order valence-corrected chi connectivity index (χ3v) is 9.24. The van der Waals surface area contributed by atoms with Gasteiger partial charge in [-0.2, -0.15) is 0 Å². The fourth-order valence-corrected chi connectivity index (χ4v) is 7.96. The Morgan fingerprint density at radius 2 is 1.93 bits per heavy atom. The molecule has 27 heavy (non-hydrogen) atoms. The average molecular weight is 375 g/mol. The lowest BCUT2D eigenvalue weighted by Crippen LogP contribution is -2.56. The van der Waals surface area contributed by atoms with Crippen molar-refractivity contribution >= 4 is 5.78 Å². The Labute approximate surface area is 165 Å². The molecule has 4 rings (SSSR count). The Morgan fingerprint density at radius 3 is 2.63 bits per heavy atom. The van der Waals surface area contributed by atoms with Crippen LogP contribution in [-0.4, -0.2) is 25.8 Å². The van der Waals surface area contributed by atoms with E-state index >= 15 is 0 Å². The summed E-state index contributed by atoms with van der Waals surface area (Å²) in [6.45, 7) is 10.2. The van der Waals surface area contributed by atoms with Gasteiger partial charge in [0.1, 0.15) is 6.79 Å². The highest BCUT2D eigenvalue weighted by Crippen LogP contribution is 2.67. The molecule has 3 saturated carbocycles. The van der Waals surface area contributed by atoms with E-state index in [0.717, 1.165) is 37.0 Å². The third-order valence-electron chi connectivity index (χ3n) is 9.24. The maximum Gasteiger partial charge on any atom is 0.155 e. The first-order chi connectivity index (χ1) is 12.8. The molecule has 0 amide bonds. The van der Waals surface area contributed by atoms with Crippen LogP contribution in [0.3, 0.4) is 0 Å². The molecular formula is C24H38O3. The average Bonchev–Trinajstić information content (AvgIpc) is 2.98. The summed E-state index contributed by atoms with van der Waals surface area (Å²) in [5, 5.41) is 0. The van der Waals surface area contributed by atoms with Crippen molar-refractivity contribution < 1.29 is 14.3 Å². The molecule has 4 aliphatic carbocycles. The third kappa shape index (κ3) is 2.95. The molecule has 7 unspecified atom stereocenters. The van der Waals surface area contributed by atoms with Crippen molar-refractivity contribution in [3.05, 3.63) is 11.6 Å². The standard InChI is InChI=1S/C24H38O3/c1-15(2)18-6-7-19-22-20(9-11-24(18,19)4)23(3)10-8-17(25)12-16(23)13-21(22)27-14-26-5/h12,15,18-22H,6-11,13-14H2,1-5H3. The summed E-state index contributed by atoms with van der Waals surface area (Å²) in [7, 11) is 1.71. The maximum atomic E-state index is 12.2. The molecule has 0 radical (unpaired) electrons. The second-order valence-corrected chi connectivity index (χ2v) is 10.6. The molecule has 0 aromatic rings. The molecule has 0 aliphatic heterocycles. The van der Waals surface area contributed by atoms with Crippen molar-refractivity contribution in [2.75, 3.05) is 13.9 Å². The minimum absolute atomic E-state index is 0.197. The smallest absolute Gasteiger partial charge is 0.155 e. The van der Waals surface area contributed by atoms with Crippen molar-refractivity contribution in [3.8, 4) is 0 Å². The van der Waals surface area contributed by atoms with Crippen LogP contribution in [0.1, 0.15) is 72.6 Å². The van der Waals surface area contributed by atoms with Crippen molar-refractivity contribution in [2.24, 2.45) is 40.4 Å². The lowest BCUT2D eigenvalue weighted by atomic mass is 9.45. The number of rotatable bonds is 4.